The lowest BCUT2D eigenvalue weighted by Gasteiger charge is -2.57. The zero-order valence-electron chi connectivity index (χ0n) is 19.5. The molecule has 0 bridgehead atoms. The molecule has 172 valence electrons. The van der Waals surface area contributed by atoms with E-state index in [2.05, 4.69) is 15.2 Å². The van der Waals surface area contributed by atoms with Gasteiger partial charge in [-0.2, -0.15) is 4.98 Å². The molecule has 1 saturated heterocycles. The van der Waals surface area contributed by atoms with Gasteiger partial charge in [0.15, 0.2) is 5.78 Å². The Bertz CT molecular complexity index is 1240. The van der Waals surface area contributed by atoms with Gasteiger partial charge in [-0.15, -0.1) is 0 Å². The van der Waals surface area contributed by atoms with Crippen molar-refractivity contribution in [1.82, 2.24) is 19.5 Å². The van der Waals surface area contributed by atoms with Crippen molar-refractivity contribution in [2.75, 3.05) is 31.0 Å². The Labute approximate surface area is 192 Å². The van der Waals surface area contributed by atoms with Crippen LogP contribution in [0.3, 0.4) is 0 Å². The van der Waals surface area contributed by atoms with Gasteiger partial charge in [0.1, 0.15) is 23.2 Å². The minimum atomic E-state index is -0.674. The van der Waals surface area contributed by atoms with Crippen LogP contribution in [0.1, 0.15) is 30.8 Å². The van der Waals surface area contributed by atoms with Gasteiger partial charge in [0, 0.05) is 43.6 Å². The molecule has 0 spiro atoms. The highest BCUT2D eigenvalue weighted by atomic mass is 16.5. The number of nitrogens with zero attached hydrogens (tertiary/aromatic N) is 5. The maximum absolute atomic E-state index is 13.0. The average Bonchev–Trinajstić information content (AvgIpc) is 3.24. The van der Waals surface area contributed by atoms with Gasteiger partial charge in [-0.3, -0.25) is 4.79 Å². The van der Waals surface area contributed by atoms with E-state index in [1.54, 1.807) is 20.5 Å². The van der Waals surface area contributed by atoms with Crippen molar-refractivity contribution in [3.8, 4) is 11.4 Å². The number of benzene rings is 1. The lowest BCUT2D eigenvalue weighted by atomic mass is 9.74. The molecule has 0 saturated carbocycles. The number of ether oxygens (including phenoxy) is 2. The van der Waals surface area contributed by atoms with Crippen molar-refractivity contribution in [2.24, 2.45) is 0 Å². The summed E-state index contributed by atoms with van der Waals surface area (Å²) in [6.07, 6.45) is 4.63. The summed E-state index contributed by atoms with van der Waals surface area (Å²) in [6, 6.07) is 5.84. The van der Waals surface area contributed by atoms with E-state index < -0.39 is 5.54 Å². The van der Waals surface area contributed by atoms with Crippen molar-refractivity contribution < 1.29 is 14.3 Å². The first kappa shape index (κ1) is 21.4. The van der Waals surface area contributed by atoms with E-state index in [0.717, 1.165) is 34.1 Å². The standard InChI is InChI=1S/C24H28N6O3/c1-6-17-16-10-20(31)24(3)21(33-5)12-30(24)22(16)28-23(27-17)26-15-7-8-18(19(9-15)32-4)29-11-14(2)25-13-29/h7-9,11,13,21H,6,10,12H2,1-5H3,(H,26,27,28)/t21-,24-/m0/s1. The lowest BCUT2D eigenvalue weighted by molar-refractivity contribution is -0.134. The van der Waals surface area contributed by atoms with Gasteiger partial charge in [-0.1, -0.05) is 6.92 Å². The van der Waals surface area contributed by atoms with Crippen LogP contribution in [-0.2, 0) is 22.4 Å². The van der Waals surface area contributed by atoms with Crippen LogP contribution in [0, 0.1) is 6.92 Å². The Morgan fingerprint density at radius 1 is 1.27 bits per heavy atom. The van der Waals surface area contributed by atoms with E-state index >= 15 is 0 Å². The number of carbonyl (C=O) groups is 1. The molecule has 9 nitrogen and oxygen atoms in total. The molecular weight excluding hydrogens is 420 g/mol. The number of ketones is 1. The molecular formula is C24H28N6O3. The van der Waals surface area contributed by atoms with Gasteiger partial charge >= 0.3 is 0 Å². The van der Waals surface area contributed by atoms with Gasteiger partial charge in [0.2, 0.25) is 5.95 Å². The summed E-state index contributed by atoms with van der Waals surface area (Å²) in [5.41, 5.74) is 3.76. The van der Waals surface area contributed by atoms with Crippen molar-refractivity contribution in [2.45, 2.75) is 45.3 Å². The van der Waals surface area contributed by atoms with Crippen molar-refractivity contribution in [3.63, 3.8) is 0 Å². The number of methoxy groups -OCH3 is 2. The molecule has 0 amide bonds. The van der Waals surface area contributed by atoms with Crippen LogP contribution in [0.25, 0.3) is 5.69 Å². The maximum Gasteiger partial charge on any atom is 0.229 e. The molecule has 0 unspecified atom stereocenters. The molecule has 1 N–H and O–H groups in total. The molecule has 0 radical (unpaired) electrons. The number of anilines is 3. The SMILES string of the molecule is CCc1nc(Nc2ccc(-n3cnc(C)c3)c(OC)c2)nc2c1CC(=O)[C@@]1(C)[C@@H](OC)CN21. The molecule has 1 fully saturated rings. The molecule has 4 heterocycles. The second-order valence-corrected chi connectivity index (χ2v) is 8.67. The van der Waals surface area contributed by atoms with Gasteiger partial charge < -0.3 is 24.3 Å². The molecule has 5 rings (SSSR count). The third-order valence-electron chi connectivity index (χ3n) is 6.81. The predicted molar refractivity (Wildman–Crippen MR) is 125 cm³/mol. The third kappa shape index (κ3) is 3.26. The first-order chi connectivity index (χ1) is 15.9. The summed E-state index contributed by atoms with van der Waals surface area (Å²) < 4.78 is 13.1. The number of aryl methyl sites for hydroxylation is 2. The monoisotopic (exact) mass is 448 g/mol. The molecule has 9 heteroatoms. The maximum atomic E-state index is 13.0. The number of nitrogens with one attached hydrogen (secondary N) is 1. The van der Waals surface area contributed by atoms with Gasteiger partial charge in [0.05, 0.1) is 30.5 Å². The zero-order valence-corrected chi connectivity index (χ0v) is 19.5. The average molecular weight is 449 g/mol. The Morgan fingerprint density at radius 2 is 2.09 bits per heavy atom. The van der Waals surface area contributed by atoms with E-state index in [4.69, 9.17) is 19.4 Å². The van der Waals surface area contributed by atoms with Gasteiger partial charge in [-0.25, -0.2) is 9.97 Å². The number of fused-ring (bicyclic) bond motifs is 3. The summed E-state index contributed by atoms with van der Waals surface area (Å²) in [4.78, 5) is 28.9. The lowest BCUT2D eigenvalue weighted by Crippen LogP contribution is -2.76. The fourth-order valence-electron chi connectivity index (χ4n) is 4.80. The highest BCUT2D eigenvalue weighted by Gasteiger charge is 2.59. The van der Waals surface area contributed by atoms with Crippen LogP contribution in [0.4, 0.5) is 17.5 Å². The van der Waals surface area contributed by atoms with Crippen LogP contribution >= 0.6 is 0 Å². The van der Waals surface area contributed by atoms with Crippen LogP contribution < -0.4 is 15.0 Å². The number of hydrogen-bond donors (Lipinski definition) is 1. The van der Waals surface area contributed by atoms with Crippen molar-refractivity contribution in [3.05, 3.63) is 47.7 Å². The third-order valence-corrected chi connectivity index (χ3v) is 6.81. The number of carbonyl (C=O) groups excluding carboxylic acids is 1. The molecule has 33 heavy (non-hydrogen) atoms. The van der Waals surface area contributed by atoms with Crippen LogP contribution in [0.15, 0.2) is 30.7 Å². The number of Topliss-reactive ketones (excluding diaryl/α,β-unsaturated/α-hetero) is 1. The number of rotatable bonds is 6. The Balaban J connectivity index is 1.49. The highest BCUT2D eigenvalue weighted by molar-refractivity contribution is 5.99. The Hall–Kier alpha value is -3.46. The van der Waals surface area contributed by atoms with Crippen LogP contribution in [0.5, 0.6) is 5.75 Å². The van der Waals surface area contributed by atoms with E-state index in [1.807, 2.05) is 49.7 Å². The Kier molecular flexibility index (Phi) is 5.08. The summed E-state index contributed by atoms with van der Waals surface area (Å²) in [7, 11) is 3.30. The zero-order chi connectivity index (χ0) is 23.3. The number of imidazole rings is 1. The number of hydrogen-bond acceptors (Lipinski definition) is 8. The summed E-state index contributed by atoms with van der Waals surface area (Å²) in [5, 5.41) is 3.33. The molecule has 1 aromatic carbocycles. The van der Waals surface area contributed by atoms with E-state index in [9.17, 15) is 4.79 Å². The topological polar surface area (TPSA) is 94.4 Å². The van der Waals surface area contributed by atoms with Crippen LogP contribution in [0.2, 0.25) is 0 Å². The van der Waals surface area contributed by atoms with Gasteiger partial charge in [0.25, 0.3) is 0 Å². The summed E-state index contributed by atoms with van der Waals surface area (Å²) >= 11 is 0. The van der Waals surface area contributed by atoms with E-state index in [-0.39, 0.29) is 11.9 Å². The summed E-state index contributed by atoms with van der Waals surface area (Å²) in [6.45, 7) is 6.57. The minimum absolute atomic E-state index is 0.127. The van der Waals surface area contributed by atoms with Crippen molar-refractivity contribution >= 4 is 23.2 Å². The molecule has 2 atom stereocenters. The van der Waals surface area contributed by atoms with Crippen LogP contribution in [-0.4, -0.2) is 57.7 Å². The smallest absolute Gasteiger partial charge is 0.229 e. The molecule has 2 aliphatic heterocycles. The first-order valence-electron chi connectivity index (χ1n) is 11.1. The second-order valence-electron chi connectivity index (χ2n) is 8.67. The molecule has 2 aromatic heterocycles. The minimum Gasteiger partial charge on any atom is -0.494 e. The fourth-order valence-corrected chi connectivity index (χ4v) is 4.80. The van der Waals surface area contributed by atoms with E-state index in [1.165, 1.54) is 0 Å². The van der Waals surface area contributed by atoms with Gasteiger partial charge in [-0.05, 0) is 32.4 Å². The van der Waals surface area contributed by atoms with Crippen molar-refractivity contribution in [1.29, 1.82) is 0 Å². The van der Waals surface area contributed by atoms with E-state index in [0.29, 0.717) is 31.1 Å². The molecule has 2 aliphatic rings. The molecule has 0 aliphatic carbocycles. The predicted octanol–water partition coefficient (Wildman–Crippen LogP) is 3.00. The molecule has 3 aromatic rings. The fraction of sp³-hybridized carbons (Fsp3) is 0.417. The highest BCUT2D eigenvalue weighted by Crippen LogP contribution is 2.44. The second kappa shape index (κ2) is 7.84. The number of aromatic nitrogens is 4. The Morgan fingerprint density at radius 3 is 2.76 bits per heavy atom. The first-order valence-corrected chi connectivity index (χ1v) is 11.1. The largest absolute Gasteiger partial charge is 0.494 e. The normalized spacial score (nSPS) is 21.3. The quantitative estimate of drug-likeness (QED) is 0.615. The summed E-state index contributed by atoms with van der Waals surface area (Å²) in [5.74, 6) is 2.17.